The summed E-state index contributed by atoms with van der Waals surface area (Å²) in [7, 11) is -3.37. The summed E-state index contributed by atoms with van der Waals surface area (Å²) in [6.45, 7) is 4.25. The Balaban J connectivity index is 2.37. The molecule has 0 heterocycles. The molecule has 2 N–H and O–H groups in total. The van der Waals surface area contributed by atoms with Crippen molar-refractivity contribution in [2.75, 3.05) is 6.54 Å². The molecule has 0 aromatic heterocycles. The van der Waals surface area contributed by atoms with Crippen LogP contribution < -0.4 is 5.73 Å². The fourth-order valence-corrected chi connectivity index (χ4v) is 3.83. The van der Waals surface area contributed by atoms with Crippen molar-refractivity contribution in [2.24, 2.45) is 5.73 Å². The van der Waals surface area contributed by atoms with Crippen LogP contribution in [0.15, 0.2) is 29.2 Å². The van der Waals surface area contributed by atoms with Crippen LogP contribution in [-0.2, 0) is 10.0 Å². The zero-order chi connectivity index (χ0) is 13.3. The van der Waals surface area contributed by atoms with Crippen LogP contribution in [0.1, 0.15) is 38.3 Å². The molecule has 2 rings (SSSR count). The zero-order valence-corrected chi connectivity index (χ0v) is 11.7. The third kappa shape index (κ3) is 2.58. The lowest BCUT2D eigenvalue weighted by molar-refractivity contribution is 0.421. The second-order valence-corrected chi connectivity index (χ2v) is 6.69. The Morgan fingerprint density at radius 1 is 1.44 bits per heavy atom. The summed E-state index contributed by atoms with van der Waals surface area (Å²) in [5.41, 5.74) is 6.65. The van der Waals surface area contributed by atoms with E-state index in [1.54, 1.807) is 22.5 Å². The van der Waals surface area contributed by atoms with E-state index in [1.807, 2.05) is 19.9 Å². The molecule has 1 saturated carbocycles. The van der Waals surface area contributed by atoms with Crippen molar-refractivity contribution in [2.45, 2.75) is 43.7 Å². The van der Waals surface area contributed by atoms with Crippen LogP contribution in [0, 0.1) is 0 Å². The first-order chi connectivity index (χ1) is 8.46. The maximum atomic E-state index is 12.5. The van der Waals surface area contributed by atoms with E-state index in [4.69, 9.17) is 5.73 Å². The minimum absolute atomic E-state index is 0.156. The third-order valence-corrected chi connectivity index (χ3v) is 5.28. The maximum absolute atomic E-state index is 12.5. The van der Waals surface area contributed by atoms with Gasteiger partial charge >= 0.3 is 0 Å². The normalized spacial score (nSPS) is 18.0. The largest absolute Gasteiger partial charge is 0.324 e. The summed E-state index contributed by atoms with van der Waals surface area (Å²) >= 11 is 0. The lowest BCUT2D eigenvalue weighted by Gasteiger charge is -2.20. The number of hydrogen-bond donors (Lipinski definition) is 1. The molecule has 100 valence electrons. The molecule has 0 bridgehead atoms. The van der Waals surface area contributed by atoms with E-state index in [1.165, 1.54) is 0 Å². The molecule has 1 aliphatic carbocycles. The van der Waals surface area contributed by atoms with E-state index < -0.39 is 10.0 Å². The Hall–Kier alpha value is -0.910. The predicted octanol–water partition coefficient (Wildman–Crippen LogP) is 1.88. The summed E-state index contributed by atoms with van der Waals surface area (Å²) in [6, 6.07) is 6.98. The lowest BCUT2D eigenvalue weighted by atomic mass is 10.1. The van der Waals surface area contributed by atoms with Gasteiger partial charge in [0, 0.05) is 18.6 Å². The van der Waals surface area contributed by atoms with Gasteiger partial charge in [0.05, 0.1) is 4.90 Å². The van der Waals surface area contributed by atoms with Gasteiger partial charge in [-0.15, -0.1) is 0 Å². The van der Waals surface area contributed by atoms with Crippen LogP contribution in [0.25, 0.3) is 0 Å². The first kappa shape index (κ1) is 13.5. The number of nitrogens with zero attached hydrogens (tertiary/aromatic N) is 1. The lowest BCUT2D eigenvalue weighted by Crippen LogP contribution is -2.33. The molecule has 5 heteroatoms. The highest BCUT2D eigenvalue weighted by Gasteiger charge is 2.36. The van der Waals surface area contributed by atoms with E-state index in [2.05, 4.69) is 0 Å². The maximum Gasteiger partial charge on any atom is 0.243 e. The smallest absolute Gasteiger partial charge is 0.243 e. The van der Waals surface area contributed by atoms with Crippen molar-refractivity contribution in [3.05, 3.63) is 29.8 Å². The molecule has 1 aliphatic rings. The van der Waals surface area contributed by atoms with E-state index in [-0.39, 0.29) is 12.1 Å². The second kappa shape index (κ2) is 4.99. The molecule has 0 amide bonds. The SMILES string of the molecule is CCN(C1CC1)S(=O)(=O)c1cccc(C(C)N)c1. The highest BCUT2D eigenvalue weighted by Crippen LogP contribution is 2.32. The predicted molar refractivity (Wildman–Crippen MR) is 71.6 cm³/mol. The molecule has 0 spiro atoms. The van der Waals surface area contributed by atoms with Crippen LogP contribution in [0.2, 0.25) is 0 Å². The highest BCUT2D eigenvalue weighted by molar-refractivity contribution is 7.89. The molecule has 1 aromatic carbocycles. The number of hydrogen-bond acceptors (Lipinski definition) is 3. The molecule has 4 nitrogen and oxygen atoms in total. The standard InChI is InChI=1S/C13H20N2O2S/c1-3-15(12-7-8-12)18(16,17)13-6-4-5-11(9-13)10(2)14/h4-6,9-10,12H,3,7-8,14H2,1-2H3. The van der Waals surface area contributed by atoms with Gasteiger partial charge in [-0.05, 0) is 37.5 Å². The van der Waals surface area contributed by atoms with Crippen molar-refractivity contribution in [3.8, 4) is 0 Å². The fraction of sp³-hybridized carbons (Fsp3) is 0.538. The highest BCUT2D eigenvalue weighted by atomic mass is 32.2. The van der Waals surface area contributed by atoms with Gasteiger partial charge < -0.3 is 5.73 Å². The van der Waals surface area contributed by atoms with Crippen LogP contribution in [0.5, 0.6) is 0 Å². The summed E-state index contributed by atoms with van der Waals surface area (Å²) in [4.78, 5) is 0.353. The van der Waals surface area contributed by atoms with Gasteiger partial charge in [0.15, 0.2) is 0 Å². The quantitative estimate of drug-likeness (QED) is 0.887. The first-order valence-electron chi connectivity index (χ1n) is 6.34. The Bertz CT molecular complexity index is 522. The van der Waals surface area contributed by atoms with Gasteiger partial charge in [-0.3, -0.25) is 0 Å². The number of sulfonamides is 1. The van der Waals surface area contributed by atoms with Crippen LogP contribution in [0.4, 0.5) is 0 Å². The van der Waals surface area contributed by atoms with Gasteiger partial charge in [-0.1, -0.05) is 19.1 Å². The monoisotopic (exact) mass is 268 g/mol. The number of benzene rings is 1. The Kier molecular flexibility index (Phi) is 3.75. The van der Waals surface area contributed by atoms with Crippen molar-refractivity contribution < 1.29 is 8.42 Å². The van der Waals surface area contributed by atoms with Crippen molar-refractivity contribution in [1.82, 2.24) is 4.31 Å². The summed E-state index contributed by atoms with van der Waals surface area (Å²) in [5.74, 6) is 0. The van der Waals surface area contributed by atoms with Gasteiger partial charge in [0.1, 0.15) is 0 Å². The Morgan fingerprint density at radius 2 is 2.11 bits per heavy atom. The van der Waals surface area contributed by atoms with E-state index in [9.17, 15) is 8.42 Å². The van der Waals surface area contributed by atoms with Crippen molar-refractivity contribution in [1.29, 1.82) is 0 Å². The third-order valence-electron chi connectivity index (χ3n) is 3.26. The minimum atomic E-state index is -3.37. The van der Waals surface area contributed by atoms with E-state index >= 15 is 0 Å². The molecule has 0 radical (unpaired) electrons. The molecule has 0 saturated heterocycles. The molecule has 18 heavy (non-hydrogen) atoms. The van der Waals surface area contributed by atoms with Crippen LogP contribution in [-0.4, -0.2) is 25.3 Å². The van der Waals surface area contributed by atoms with Gasteiger partial charge in [0.2, 0.25) is 10.0 Å². The van der Waals surface area contributed by atoms with E-state index in [0.29, 0.717) is 11.4 Å². The molecule has 0 aliphatic heterocycles. The summed E-state index contributed by atoms with van der Waals surface area (Å²) in [6.07, 6.45) is 1.94. The summed E-state index contributed by atoms with van der Waals surface area (Å²) in [5, 5.41) is 0. The topological polar surface area (TPSA) is 63.4 Å². The van der Waals surface area contributed by atoms with Gasteiger partial charge in [0.25, 0.3) is 0 Å². The molecule has 1 aromatic rings. The van der Waals surface area contributed by atoms with Crippen molar-refractivity contribution >= 4 is 10.0 Å². The average Bonchev–Trinajstić information content (AvgIpc) is 3.14. The van der Waals surface area contributed by atoms with Crippen LogP contribution in [0.3, 0.4) is 0 Å². The fourth-order valence-electron chi connectivity index (χ4n) is 2.08. The molecular formula is C13H20N2O2S. The average molecular weight is 268 g/mol. The van der Waals surface area contributed by atoms with Crippen LogP contribution >= 0.6 is 0 Å². The van der Waals surface area contributed by atoms with Crippen molar-refractivity contribution in [3.63, 3.8) is 0 Å². The number of rotatable bonds is 5. The summed E-state index contributed by atoms with van der Waals surface area (Å²) < 4.78 is 26.6. The minimum Gasteiger partial charge on any atom is -0.324 e. The number of nitrogens with two attached hydrogens (primary N) is 1. The van der Waals surface area contributed by atoms with E-state index in [0.717, 1.165) is 18.4 Å². The molecule has 1 fully saturated rings. The zero-order valence-electron chi connectivity index (χ0n) is 10.8. The van der Waals surface area contributed by atoms with Gasteiger partial charge in [-0.2, -0.15) is 4.31 Å². The Labute approximate surface area is 109 Å². The second-order valence-electron chi connectivity index (χ2n) is 4.80. The molecular weight excluding hydrogens is 248 g/mol. The van der Waals surface area contributed by atoms with Gasteiger partial charge in [-0.25, -0.2) is 8.42 Å². The first-order valence-corrected chi connectivity index (χ1v) is 7.78. The molecule has 1 atom stereocenters. The Morgan fingerprint density at radius 3 is 2.61 bits per heavy atom. The molecule has 1 unspecified atom stereocenters.